The van der Waals surface area contributed by atoms with Crippen LogP contribution in [0.15, 0.2) is 0 Å². The molecule has 1 saturated heterocycles. The normalized spacial score (nSPS) is 21.5. The molecule has 0 aromatic heterocycles. The summed E-state index contributed by atoms with van der Waals surface area (Å²) in [6, 6.07) is 3.86. The minimum absolute atomic E-state index is 0.0112. The van der Waals surface area contributed by atoms with Gasteiger partial charge in [-0.15, -0.1) is 0 Å². The summed E-state index contributed by atoms with van der Waals surface area (Å²) in [7, 11) is 3.41. The van der Waals surface area contributed by atoms with Crippen molar-refractivity contribution < 1.29 is 4.79 Å². The predicted molar refractivity (Wildman–Crippen MR) is 61.7 cm³/mol. The Morgan fingerprint density at radius 1 is 1.29 bits per heavy atom. The highest BCUT2D eigenvalue weighted by Gasteiger charge is 2.32. The lowest BCUT2D eigenvalue weighted by atomic mass is 10.1. The molecular weight excluding hydrogens is 218 g/mol. The molecule has 0 aromatic rings. The fourth-order valence-corrected chi connectivity index (χ4v) is 1.93. The molecule has 0 bridgehead atoms. The van der Waals surface area contributed by atoms with Gasteiger partial charge in [0.05, 0.1) is 25.2 Å². The van der Waals surface area contributed by atoms with E-state index in [-0.39, 0.29) is 18.5 Å². The molecule has 1 heterocycles. The number of rotatable bonds is 3. The van der Waals surface area contributed by atoms with Crippen molar-refractivity contribution in [3.05, 3.63) is 0 Å². The van der Waals surface area contributed by atoms with Crippen molar-refractivity contribution in [1.82, 2.24) is 14.7 Å². The molecule has 0 aliphatic carbocycles. The van der Waals surface area contributed by atoms with Gasteiger partial charge in [0.25, 0.3) is 0 Å². The van der Waals surface area contributed by atoms with Gasteiger partial charge in [-0.25, -0.2) is 0 Å². The second-order valence-electron chi connectivity index (χ2n) is 4.27. The Bertz CT molecular complexity index is 354. The highest BCUT2D eigenvalue weighted by atomic mass is 16.2. The lowest BCUT2D eigenvalue weighted by Crippen LogP contribution is -2.58. The number of amides is 1. The average molecular weight is 235 g/mol. The van der Waals surface area contributed by atoms with Crippen LogP contribution in [0.3, 0.4) is 0 Å². The summed E-state index contributed by atoms with van der Waals surface area (Å²) in [6.45, 7) is 2.49. The third kappa shape index (κ3) is 3.42. The maximum absolute atomic E-state index is 12.0. The Hall–Kier alpha value is -1.63. The standard InChI is InChI=1S/C11H17N5O/c1-14(2)11(17)10-9-15(5-3-12)7-8-16(10)6-4-13/h10H,5-9H2,1-2H3/t10-/m0/s1. The first kappa shape index (κ1) is 13.4. The van der Waals surface area contributed by atoms with E-state index in [9.17, 15) is 4.79 Å². The maximum Gasteiger partial charge on any atom is 0.240 e. The summed E-state index contributed by atoms with van der Waals surface area (Å²) < 4.78 is 0. The van der Waals surface area contributed by atoms with E-state index >= 15 is 0 Å². The molecular formula is C11H17N5O. The molecule has 1 fully saturated rings. The van der Waals surface area contributed by atoms with Crippen molar-refractivity contribution in [2.45, 2.75) is 6.04 Å². The second-order valence-corrected chi connectivity index (χ2v) is 4.27. The topological polar surface area (TPSA) is 74.4 Å². The van der Waals surface area contributed by atoms with Crippen LogP contribution in [0.1, 0.15) is 0 Å². The van der Waals surface area contributed by atoms with Gasteiger partial charge in [0.15, 0.2) is 0 Å². The van der Waals surface area contributed by atoms with Crippen molar-refractivity contribution in [3.8, 4) is 12.1 Å². The number of hydrogen-bond donors (Lipinski definition) is 0. The van der Waals surface area contributed by atoms with Crippen molar-refractivity contribution >= 4 is 5.91 Å². The van der Waals surface area contributed by atoms with E-state index in [4.69, 9.17) is 10.5 Å². The Labute approximate surface area is 102 Å². The van der Waals surface area contributed by atoms with Gasteiger partial charge in [-0.2, -0.15) is 10.5 Å². The Kier molecular flexibility index (Phi) is 4.89. The number of nitrogens with zero attached hydrogens (tertiary/aromatic N) is 5. The van der Waals surface area contributed by atoms with Gasteiger partial charge >= 0.3 is 0 Å². The smallest absolute Gasteiger partial charge is 0.240 e. The average Bonchev–Trinajstić information content (AvgIpc) is 2.30. The summed E-state index contributed by atoms with van der Waals surface area (Å²) in [5.74, 6) is -0.0112. The number of piperazine rings is 1. The number of likely N-dealkylation sites (N-methyl/N-ethyl adjacent to an activating group) is 1. The van der Waals surface area contributed by atoms with Gasteiger partial charge in [0, 0.05) is 33.7 Å². The van der Waals surface area contributed by atoms with Crippen LogP contribution in [-0.4, -0.2) is 73.5 Å². The lowest BCUT2D eigenvalue weighted by Gasteiger charge is -2.39. The molecule has 1 rings (SSSR count). The quantitative estimate of drug-likeness (QED) is 0.593. The van der Waals surface area contributed by atoms with Gasteiger partial charge in [-0.05, 0) is 0 Å². The highest BCUT2D eigenvalue weighted by Crippen LogP contribution is 2.11. The summed E-state index contributed by atoms with van der Waals surface area (Å²) in [6.07, 6.45) is 0. The summed E-state index contributed by atoms with van der Waals surface area (Å²) >= 11 is 0. The largest absolute Gasteiger partial charge is 0.347 e. The van der Waals surface area contributed by atoms with Crippen molar-refractivity contribution in [3.63, 3.8) is 0 Å². The minimum atomic E-state index is -0.313. The lowest BCUT2D eigenvalue weighted by molar-refractivity contribution is -0.136. The zero-order valence-electron chi connectivity index (χ0n) is 10.3. The number of carbonyl (C=O) groups excluding carboxylic acids is 1. The molecule has 92 valence electrons. The second kappa shape index (κ2) is 6.19. The zero-order valence-corrected chi connectivity index (χ0v) is 10.3. The van der Waals surface area contributed by atoms with Gasteiger partial charge in [-0.1, -0.05) is 0 Å². The molecule has 0 unspecified atom stereocenters. The molecule has 1 aliphatic rings. The number of hydrogen-bond acceptors (Lipinski definition) is 5. The first-order valence-electron chi connectivity index (χ1n) is 5.51. The third-order valence-corrected chi connectivity index (χ3v) is 2.87. The monoisotopic (exact) mass is 235 g/mol. The molecule has 1 atom stereocenters. The fourth-order valence-electron chi connectivity index (χ4n) is 1.93. The van der Waals surface area contributed by atoms with Crippen LogP contribution in [-0.2, 0) is 4.79 Å². The summed E-state index contributed by atoms with van der Waals surface area (Å²) in [4.78, 5) is 17.3. The van der Waals surface area contributed by atoms with Gasteiger partial charge in [0.2, 0.25) is 5.91 Å². The minimum Gasteiger partial charge on any atom is -0.347 e. The van der Waals surface area contributed by atoms with E-state index in [1.165, 1.54) is 4.90 Å². The van der Waals surface area contributed by atoms with Gasteiger partial charge in [-0.3, -0.25) is 14.6 Å². The van der Waals surface area contributed by atoms with Gasteiger partial charge in [0.1, 0.15) is 6.04 Å². The first-order chi connectivity index (χ1) is 8.10. The van der Waals surface area contributed by atoms with Crippen LogP contribution in [0.25, 0.3) is 0 Å². The van der Waals surface area contributed by atoms with Crippen LogP contribution in [0.5, 0.6) is 0 Å². The van der Waals surface area contributed by atoms with Crippen molar-refractivity contribution in [2.24, 2.45) is 0 Å². The molecule has 1 aliphatic heterocycles. The van der Waals surface area contributed by atoms with E-state index in [1.54, 1.807) is 14.1 Å². The molecule has 0 radical (unpaired) electrons. The number of carbonyl (C=O) groups is 1. The van der Waals surface area contributed by atoms with Crippen molar-refractivity contribution in [2.75, 3.05) is 46.8 Å². The van der Waals surface area contributed by atoms with Crippen molar-refractivity contribution in [1.29, 1.82) is 10.5 Å². The molecule has 6 nitrogen and oxygen atoms in total. The fraction of sp³-hybridized carbons (Fsp3) is 0.727. The zero-order chi connectivity index (χ0) is 12.8. The molecule has 0 saturated carbocycles. The van der Waals surface area contributed by atoms with Gasteiger partial charge < -0.3 is 4.90 Å². The van der Waals surface area contributed by atoms with Crippen LogP contribution < -0.4 is 0 Å². The van der Waals surface area contributed by atoms with E-state index in [2.05, 4.69) is 12.1 Å². The Morgan fingerprint density at radius 3 is 2.47 bits per heavy atom. The molecule has 0 aromatic carbocycles. The molecule has 1 amide bonds. The van der Waals surface area contributed by atoms with E-state index in [0.29, 0.717) is 19.6 Å². The van der Waals surface area contributed by atoms with Crippen LogP contribution >= 0.6 is 0 Å². The summed E-state index contributed by atoms with van der Waals surface area (Å²) in [5, 5.41) is 17.4. The van der Waals surface area contributed by atoms with Crippen LogP contribution in [0.2, 0.25) is 0 Å². The summed E-state index contributed by atoms with van der Waals surface area (Å²) in [5.41, 5.74) is 0. The molecule has 0 N–H and O–H groups in total. The Balaban J connectivity index is 2.73. The molecule has 0 spiro atoms. The van der Waals surface area contributed by atoms with Crippen LogP contribution in [0, 0.1) is 22.7 Å². The van der Waals surface area contributed by atoms with E-state index in [1.807, 2.05) is 9.80 Å². The third-order valence-electron chi connectivity index (χ3n) is 2.87. The number of nitriles is 2. The predicted octanol–water partition coefficient (Wildman–Crippen LogP) is -0.892. The Morgan fingerprint density at radius 2 is 1.94 bits per heavy atom. The molecule has 17 heavy (non-hydrogen) atoms. The van der Waals surface area contributed by atoms with Crippen LogP contribution in [0.4, 0.5) is 0 Å². The molecule has 6 heteroatoms. The van der Waals surface area contributed by atoms with E-state index in [0.717, 1.165) is 6.54 Å². The first-order valence-corrected chi connectivity index (χ1v) is 5.51. The van der Waals surface area contributed by atoms with E-state index < -0.39 is 0 Å². The highest BCUT2D eigenvalue weighted by molar-refractivity contribution is 5.81. The SMILES string of the molecule is CN(C)C(=O)[C@@H]1CN(CC#N)CCN1CC#N. The maximum atomic E-state index is 12.0.